The predicted octanol–water partition coefficient (Wildman–Crippen LogP) is 1.65. The number of aromatic amines is 1. The summed E-state index contributed by atoms with van der Waals surface area (Å²) in [7, 11) is 0. The number of H-pyrrole nitrogens is 1. The van der Waals surface area contributed by atoms with Crippen molar-refractivity contribution in [1.82, 2.24) is 15.1 Å². The van der Waals surface area contributed by atoms with Gasteiger partial charge in [-0.25, -0.2) is 5.10 Å². The fraction of sp³-hybridized carbons (Fsp3) is 0.667. The highest BCUT2D eigenvalue weighted by atomic mass is 16.2. The molecule has 5 nitrogen and oxygen atoms in total. The third kappa shape index (κ3) is 2.15. The molecule has 3 rings (SSSR count). The van der Waals surface area contributed by atoms with Crippen LogP contribution < -0.4 is 5.56 Å². The number of hydrogen-bond donors (Lipinski definition) is 1. The summed E-state index contributed by atoms with van der Waals surface area (Å²) < 4.78 is 0. The Labute approximate surface area is 118 Å². The molecule has 1 aliphatic heterocycles. The molecule has 1 aromatic rings. The van der Waals surface area contributed by atoms with E-state index in [4.69, 9.17) is 0 Å². The molecule has 2 unspecified atom stereocenters. The van der Waals surface area contributed by atoms with Crippen LogP contribution >= 0.6 is 0 Å². The maximum Gasteiger partial charge on any atom is 0.277 e. The molecule has 0 bridgehead atoms. The van der Waals surface area contributed by atoms with E-state index in [0.717, 1.165) is 13.1 Å². The van der Waals surface area contributed by atoms with Gasteiger partial charge in [-0.2, -0.15) is 5.10 Å². The van der Waals surface area contributed by atoms with Crippen molar-refractivity contribution in [1.29, 1.82) is 0 Å². The Balaban J connectivity index is 1.87. The lowest BCUT2D eigenvalue weighted by molar-refractivity contribution is 0.0781. The third-order valence-electron chi connectivity index (χ3n) is 4.95. The Morgan fingerprint density at radius 1 is 1.20 bits per heavy atom. The molecule has 2 atom stereocenters. The third-order valence-corrected chi connectivity index (χ3v) is 4.95. The first-order valence-electron chi connectivity index (χ1n) is 7.43. The van der Waals surface area contributed by atoms with Gasteiger partial charge >= 0.3 is 0 Å². The van der Waals surface area contributed by atoms with Crippen molar-refractivity contribution in [3.63, 3.8) is 0 Å². The first-order valence-corrected chi connectivity index (χ1v) is 7.43. The molecule has 1 amide bonds. The van der Waals surface area contributed by atoms with Crippen LogP contribution in [0.25, 0.3) is 0 Å². The van der Waals surface area contributed by atoms with Crippen LogP contribution in [0.15, 0.2) is 4.79 Å². The Morgan fingerprint density at radius 3 is 2.40 bits per heavy atom. The van der Waals surface area contributed by atoms with Gasteiger partial charge < -0.3 is 4.90 Å². The van der Waals surface area contributed by atoms with Crippen LogP contribution in [0.1, 0.15) is 47.3 Å². The van der Waals surface area contributed by atoms with Gasteiger partial charge in [0.25, 0.3) is 11.5 Å². The van der Waals surface area contributed by atoms with Gasteiger partial charge in [-0.15, -0.1) is 0 Å². The molecular weight excluding hydrogens is 254 g/mol. The number of likely N-dealkylation sites (tertiary alicyclic amines) is 1. The molecule has 1 saturated carbocycles. The quantitative estimate of drug-likeness (QED) is 0.847. The minimum absolute atomic E-state index is 0.122. The maximum atomic E-state index is 12.7. The molecule has 0 radical (unpaired) electrons. The van der Waals surface area contributed by atoms with Gasteiger partial charge in [-0.1, -0.05) is 12.8 Å². The molecule has 2 fully saturated rings. The van der Waals surface area contributed by atoms with Gasteiger partial charge in [0.05, 0.1) is 5.69 Å². The number of aromatic nitrogens is 2. The number of carbonyl (C=O) groups excluding carboxylic acids is 1. The summed E-state index contributed by atoms with van der Waals surface area (Å²) in [6.07, 6.45) is 4.99. The Kier molecular flexibility index (Phi) is 3.36. The van der Waals surface area contributed by atoms with Gasteiger partial charge in [0.2, 0.25) is 0 Å². The highest BCUT2D eigenvalue weighted by molar-refractivity contribution is 5.95. The number of hydrogen-bond acceptors (Lipinski definition) is 3. The average Bonchev–Trinajstić information content (AvgIpc) is 2.87. The fourth-order valence-electron chi connectivity index (χ4n) is 3.61. The molecule has 2 heterocycles. The van der Waals surface area contributed by atoms with Crippen molar-refractivity contribution in [3.05, 3.63) is 27.2 Å². The minimum Gasteiger partial charge on any atom is -0.338 e. The summed E-state index contributed by atoms with van der Waals surface area (Å²) in [5.41, 5.74) is 1.32. The number of carbonyl (C=O) groups is 1. The molecule has 0 spiro atoms. The van der Waals surface area contributed by atoms with E-state index >= 15 is 0 Å². The molecule has 1 saturated heterocycles. The number of fused-ring (bicyclic) bond motifs is 1. The predicted molar refractivity (Wildman–Crippen MR) is 75.7 cm³/mol. The summed E-state index contributed by atoms with van der Waals surface area (Å²) in [4.78, 5) is 26.5. The summed E-state index contributed by atoms with van der Waals surface area (Å²) in [6, 6.07) is 0. The van der Waals surface area contributed by atoms with E-state index in [1.165, 1.54) is 25.7 Å². The Hall–Kier alpha value is -1.65. The van der Waals surface area contributed by atoms with Crippen LogP contribution in [-0.4, -0.2) is 34.1 Å². The summed E-state index contributed by atoms with van der Waals surface area (Å²) in [6.45, 7) is 5.23. The second kappa shape index (κ2) is 5.04. The van der Waals surface area contributed by atoms with Gasteiger partial charge in [0.1, 0.15) is 5.56 Å². The van der Waals surface area contributed by atoms with E-state index in [1.54, 1.807) is 6.92 Å². The fourth-order valence-corrected chi connectivity index (χ4v) is 3.61. The van der Waals surface area contributed by atoms with E-state index < -0.39 is 0 Å². The minimum atomic E-state index is -0.368. The van der Waals surface area contributed by atoms with Gasteiger partial charge in [-0.3, -0.25) is 9.59 Å². The molecule has 1 aromatic heterocycles. The van der Waals surface area contributed by atoms with Gasteiger partial charge in [-0.05, 0) is 44.1 Å². The molecule has 20 heavy (non-hydrogen) atoms. The highest BCUT2D eigenvalue weighted by Gasteiger charge is 2.37. The Morgan fingerprint density at radius 2 is 1.80 bits per heavy atom. The number of aryl methyl sites for hydroxylation is 1. The van der Waals surface area contributed by atoms with Crippen LogP contribution in [0, 0.1) is 25.7 Å². The smallest absolute Gasteiger partial charge is 0.277 e. The lowest BCUT2D eigenvalue weighted by Gasteiger charge is -2.22. The molecule has 1 N–H and O–H groups in total. The standard InChI is InChI=1S/C15H21N3O2/c1-9-10(2)16-17-14(19)13(9)15(20)18-7-11-5-3-4-6-12(11)8-18/h11-12H,3-8H2,1-2H3,(H,17,19). The van der Waals surface area contributed by atoms with Crippen molar-refractivity contribution in [2.75, 3.05) is 13.1 Å². The normalized spacial score (nSPS) is 25.6. The largest absolute Gasteiger partial charge is 0.338 e. The number of nitrogens with zero attached hydrogens (tertiary/aromatic N) is 2. The summed E-state index contributed by atoms with van der Waals surface area (Å²) in [5, 5.41) is 6.33. The lowest BCUT2D eigenvalue weighted by Crippen LogP contribution is -2.35. The summed E-state index contributed by atoms with van der Waals surface area (Å²) in [5.74, 6) is 1.15. The molecule has 5 heteroatoms. The maximum absolute atomic E-state index is 12.7. The number of rotatable bonds is 1. The SMILES string of the molecule is Cc1n[nH]c(=O)c(C(=O)N2CC3CCCCC3C2)c1C. The van der Waals surface area contributed by atoms with Crippen LogP contribution in [-0.2, 0) is 0 Å². The van der Waals surface area contributed by atoms with E-state index in [-0.39, 0.29) is 17.0 Å². The van der Waals surface area contributed by atoms with Crippen LogP contribution in [0.4, 0.5) is 0 Å². The van der Waals surface area contributed by atoms with Crippen molar-refractivity contribution >= 4 is 5.91 Å². The molecule has 1 aliphatic carbocycles. The zero-order chi connectivity index (χ0) is 14.3. The molecule has 108 valence electrons. The molecule has 0 aromatic carbocycles. The summed E-state index contributed by atoms with van der Waals surface area (Å²) >= 11 is 0. The zero-order valence-corrected chi connectivity index (χ0v) is 12.1. The van der Waals surface area contributed by atoms with E-state index in [0.29, 0.717) is 23.1 Å². The monoisotopic (exact) mass is 275 g/mol. The second-order valence-electron chi connectivity index (χ2n) is 6.15. The van der Waals surface area contributed by atoms with Crippen LogP contribution in [0.5, 0.6) is 0 Å². The molecule has 2 aliphatic rings. The first-order chi connectivity index (χ1) is 9.58. The lowest BCUT2D eigenvalue weighted by atomic mass is 9.82. The highest BCUT2D eigenvalue weighted by Crippen LogP contribution is 2.36. The van der Waals surface area contributed by atoms with E-state index in [9.17, 15) is 9.59 Å². The van der Waals surface area contributed by atoms with Crippen molar-refractivity contribution in [3.8, 4) is 0 Å². The first kappa shape index (κ1) is 13.3. The number of amides is 1. The average molecular weight is 275 g/mol. The van der Waals surface area contributed by atoms with Crippen molar-refractivity contribution < 1.29 is 4.79 Å². The van der Waals surface area contributed by atoms with E-state index in [1.807, 2.05) is 11.8 Å². The second-order valence-corrected chi connectivity index (χ2v) is 6.15. The van der Waals surface area contributed by atoms with Crippen molar-refractivity contribution in [2.24, 2.45) is 11.8 Å². The number of nitrogens with one attached hydrogen (secondary N) is 1. The Bertz CT molecular complexity index is 579. The van der Waals surface area contributed by atoms with Gasteiger partial charge in [0.15, 0.2) is 0 Å². The van der Waals surface area contributed by atoms with Crippen LogP contribution in [0.2, 0.25) is 0 Å². The van der Waals surface area contributed by atoms with Crippen LogP contribution in [0.3, 0.4) is 0 Å². The zero-order valence-electron chi connectivity index (χ0n) is 12.1. The topological polar surface area (TPSA) is 66.1 Å². The molecular formula is C15H21N3O2. The van der Waals surface area contributed by atoms with E-state index in [2.05, 4.69) is 10.2 Å². The van der Waals surface area contributed by atoms with Crippen molar-refractivity contribution in [2.45, 2.75) is 39.5 Å². The van der Waals surface area contributed by atoms with Gasteiger partial charge in [0, 0.05) is 13.1 Å².